The summed E-state index contributed by atoms with van der Waals surface area (Å²) in [7, 11) is 1.52. The first-order chi connectivity index (χ1) is 10.2. The predicted octanol–water partition coefficient (Wildman–Crippen LogP) is 3.55. The molecule has 0 heterocycles. The van der Waals surface area contributed by atoms with Gasteiger partial charge in [-0.25, -0.2) is 0 Å². The van der Waals surface area contributed by atoms with E-state index in [0.717, 1.165) is 16.8 Å². The number of hydrogen-bond donors (Lipinski definition) is 1. The first-order valence-electron chi connectivity index (χ1n) is 6.49. The first-order valence-corrected chi connectivity index (χ1v) is 6.49. The number of hydrogen-bond acceptors (Lipinski definition) is 4. The average molecular weight is 277 g/mol. The summed E-state index contributed by atoms with van der Waals surface area (Å²) in [6.07, 6.45) is 0. The molecule has 0 aliphatic heterocycles. The summed E-state index contributed by atoms with van der Waals surface area (Å²) >= 11 is 0. The normalized spacial score (nSPS) is 11.0. The molecular weight excluding hydrogens is 262 g/mol. The second kappa shape index (κ2) is 6.45. The zero-order valence-electron chi connectivity index (χ0n) is 11.9. The second-order valence-electron chi connectivity index (χ2n) is 4.65. The van der Waals surface area contributed by atoms with Crippen LogP contribution in [0.3, 0.4) is 0 Å². The smallest absolute Gasteiger partial charge is 0.140 e. The summed E-state index contributed by atoms with van der Waals surface area (Å²) in [5.74, 6) is 0.508. The van der Waals surface area contributed by atoms with Crippen molar-refractivity contribution in [1.29, 1.82) is 10.5 Å². The van der Waals surface area contributed by atoms with Crippen LogP contribution in [0.2, 0.25) is 0 Å². The summed E-state index contributed by atoms with van der Waals surface area (Å²) in [6.45, 7) is 1.99. The number of methoxy groups -OCH3 is 1. The molecule has 2 rings (SSSR count). The van der Waals surface area contributed by atoms with Gasteiger partial charge in [-0.3, -0.25) is 0 Å². The van der Waals surface area contributed by atoms with Crippen molar-refractivity contribution < 1.29 is 4.74 Å². The van der Waals surface area contributed by atoms with Crippen LogP contribution in [0.15, 0.2) is 42.5 Å². The van der Waals surface area contributed by atoms with Gasteiger partial charge in [0.1, 0.15) is 17.9 Å². The van der Waals surface area contributed by atoms with E-state index < -0.39 is 6.04 Å². The Morgan fingerprint density at radius 1 is 1.14 bits per heavy atom. The highest BCUT2D eigenvalue weighted by atomic mass is 16.5. The van der Waals surface area contributed by atoms with Crippen molar-refractivity contribution in [3.8, 4) is 17.9 Å². The van der Waals surface area contributed by atoms with Crippen molar-refractivity contribution in [3.05, 3.63) is 59.2 Å². The van der Waals surface area contributed by atoms with Gasteiger partial charge in [0.2, 0.25) is 0 Å². The van der Waals surface area contributed by atoms with Gasteiger partial charge >= 0.3 is 0 Å². The third-order valence-electron chi connectivity index (χ3n) is 3.14. The summed E-state index contributed by atoms with van der Waals surface area (Å²) in [4.78, 5) is 0. The first kappa shape index (κ1) is 14.4. The topological polar surface area (TPSA) is 68.8 Å². The fourth-order valence-electron chi connectivity index (χ4n) is 2.08. The minimum absolute atomic E-state index is 0.418. The molecule has 0 spiro atoms. The minimum Gasteiger partial charge on any atom is -0.495 e. The molecule has 4 nitrogen and oxygen atoms in total. The number of aryl methyl sites for hydroxylation is 1. The van der Waals surface area contributed by atoms with Crippen LogP contribution in [0.5, 0.6) is 5.75 Å². The Balaban J connectivity index is 2.30. The maximum Gasteiger partial charge on any atom is 0.140 e. The fraction of sp³-hybridized carbons (Fsp3) is 0.176. The summed E-state index contributed by atoms with van der Waals surface area (Å²) in [6, 6.07) is 16.7. The summed E-state index contributed by atoms with van der Waals surface area (Å²) in [5, 5.41) is 21.7. The van der Waals surface area contributed by atoms with Crippen LogP contribution >= 0.6 is 0 Å². The van der Waals surface area contributed by atoms with Gasteiger partial charge in [0, 0.05) is 5.69 Å². The van der Waals surface area contributed by atoms with Gasteiger partial charge < -0.3 is 10.1 Å². The standard InChI is InChI=1S/C17H15N3O/c1-12-4-3-5-15(8-12)20-16(11-19)13-6-7-17(21-2)14(9-13)10-18/h3-9,16,20H,1-2H3. The molecule has 0 radical (unpaired) electrons. The van der Waals surface area contributed by atoms with E-state index in [-0.39, 0.29) is 0 Å². The summed E-state index contributed by atoms with van der Waals surface area (Å²) in [5.41, 5.74) is 3.14. The van der Waals surface area contributed by atoms with E-state index in [4.69, 9.17) is 10.00 Å². The SMILES string of the molecule is COc1ccc(C(C#N)Nc2cccc(C)c2)cc1C#N. The highest BCUT2D eigenvalue weighted by molar-refractivity contribution is 5.52. The third kappa shape index (κ3) is 3.32. The van der Waals surface area contributed by atoms with Crippen molar-refractivity contribution >= 4 is 5.69 Å². The number of nitrogens with zero attached hydrogens (tertiary/aromatic N) is 2. The molecular formula is C17H15N3O. The highest BCUT2D eigenvalue weighted by Gasteiger charge is 2.13. The molecule has 1 unspecified atom stereocenters. The van der Waals surface area contributed by atoms with Crippen molar-refractivity contribution in [3.63, 3.8) is 0 Å². The monoisotopic (exact) mass is 277 g/mol. The molecule has 0 bridgehead atoms. The van der Waals surface area contributed by atoms with Crippen LogP contribution in [0.25, 0.3) is 0 Å². The van der Waals surface area contributed by atoms with E-state index >= 15 is 0 Å². The van der Waals surface area contributed by atoms with E-state index in [1.54, 1.807) is 18.2 Å². The van der Waals surface area contributed by atoms with Gasteiger partial charge in [-0.2, -0.15) is 10.5 Å². The molecule has 0 aliphatic rings. The van der Waals surface area contributed by atoms with Crippen LogP contribution in [0.4, 0.5) is 5.69 Å². The number of ether oxygens (including phenoxy) is 1. The fourth-order valence-corrected chi connectivity index (χ4v) is 2.08. The van der Waals surface area contributed by atoms with E-state index in [2.05, 4.69) is 17.5 Å². The van der Waals surface area contributed by atoms with E-state index in [9.17, 15) is 5.26 Å². The van der Waals surface area contributed by atoms with Crippen molar-refractivity contribution in [2.75, 3.05) is 12.4 Å². The largest absolute Gasteiger partial charge is 0.495 e. The Kier molecular flexibility index (Phi) is 4.43. The van der Waals surface area contributed by atoms with Crippen molar-refractivity contribution in [2.24, 2.45) is 0 Å². The van der Waals surface area contributed by atoms with Crippen LogP contribution in [0, 0.1) is 29.6 Å². The third-order valence-corrected chi connectivity index (χ3v) is 3.14. The zero-order chi connectivity index (χ0) is 15.2. The van der Waals surface area contributed by atoms with Gasteiger partial charge in [0.05, 0.1) is 18.7 Å². The van der Waals surface area contributed by atoms with Crippen molar-refractivity contribution in [1.82, 2.24) is 0 Å². The van der Waals surface area contributed by atoms with Gasteiger partial charge in [-0.1, -0.05) is 18.2 Å². The van der Waals surface area contributed by atoms with E-state index in [1.165, 1.54) is 7.11 Å². The minimum atomic E-state index is -0.523. The molecule has 0 amide bonds. The summed E-state index contributed by atoms with van der Waals surface area (Å²) < 4.78 is 5.11. The van der Waals surface area contributed by atoms with Gasteiger partial charge in [0.25, 0.3) is 0 Å². The number of nitrogens with one attached hydrogen (secondary N) is 1. The Morgan fingerprint density at radius 2 is 1.95 bits per heavy atom. The molecule has 21 heavy (non-hydrogen) atoms. The van der Waals surface area contributed by atoms with E-state index in [0.29, 0.717) is 11.3 Å². The Labute approximate surface area is 124 Å². The van der Waals surface area contributed by atoms with Crippen LogP contribution in [-0.2, 0) is 0 Å². The molecule has 104 valence electrons. The van der Waals surface area contributed by atoms with Crippen LogP contribution in [0.1, 0.15) is 22.7 Å². The lowest BCUT2D eigenvalue weighted by atomic mass is 10.0. The Bertz CT molecular complexity index is 726. The second-order valence-corrected chi connectivity index (χ2v) is 4.65. The van der Waals surface area contributed by atoms with Crippen LogP contribution < -0.4 is 10.1 Å². The number of nitriles is 2. The molecule has 0 aliphatic carbocycles. The van der Waals surface area contributed by atoms with Crippen molar-refractivity contribution in [2.45, 2.75) is 13.0 Å². The molecule has 0 saturated carbocycles. The molecule has 4 heteroatoms. The molecule has 1 atom stereocenters. The zero-order valence-corrected chi connectivity index (χ0v) is 11.9. The Hall–Kier alpha value is -2.98. The molecule has 0 saturated heterocycles. The Morgan fingerprint density at radius 3 is 2.57 bits per heavy atom. The number of anilines is 1. The van der Waals surface area contributed by atoms with Gasteiger partial charge in [0.15, 0.2) is 0 Å². The van der Waals surface area contributed by atoms with E-state index in [1.807, 2.05) is 31.2 Å². The quantitative estimate of drug-likeness (QED) is 0.927. The predicted molar refractivity (Wildman–Crippen MR) is 80.9 cm³/mol. The lowest BCUT2D eigenvalue weighted by Crippen LogP contribution is -2.09. The maximum atomic E-state index is 9.37. The lowest BCUT2D eigenvalue weighted by Gasteiger charge is -2.15. The maximum absolute atomic E-state index is 9.37. The average Bonchev–Trinajstić information content (AvgIpc) is 2.52. The van der Waals surface area contributed by atoms with Gasteiger partial charge in [-0.05, 0) is 42.3 Å². The number of benzene rings is 2. The van der Waals surface area contributed by atoms with Crippen LogP contribution in [-0.4, -0.2) is 7.11 Å². The molecule has 0 fully saturated rings. The molecule has 2 aromatic carbocycles. The molecule has 2 aromatic rings. The molecule has 1 N–H and O–H groups in total. The highest BCUT2D eigenvalue weighted by Crippen LogP contribution is 2.25. The van der Waals surface area contributed by atoms with Gasteiger partial charge in [-0.15, -0.1) is 0 Å². The number of rotatable bonds is 4. The molecule has 0 aromatic heterocycles. The lowest BCUT2D eigenvalue weighted by molar-refractivity contribution is 0.413.